The van der Waals surface area contributed by atoms with Crippen molar-refractivity contribution in [2.75, 3.05) is 26.7 Å². The second-order valence-corrected chi connectivity index (χ2v) is 5.74. The smallest absolute Gasteiger partial charge is 0.191 e. The molecular weight excluding hydrogens is 415 g/mol. The zero-order chi connectivity index (χ0) is 16.0. The predicted molar refractivity (Wildman–Crippen MR) is 98.4 cm³/mol. The molecule has 1 saturated heterocycles. The fourth-order valence-corrected chi connectivity index (χ4v) is 2.52. The van der Waals surface area contributed by atoms with E-state index in [0.717, 1.165) is 31.6 Å². The minimum absolute atomic E-state index is 0. The standard InChI is InChI=1S/C16H23F2N3O.HI/c1-16(7-3-9-22-16)11-21-15(19-2)20-8-6-12-10-13(17)4-5-14(12)18;/h4-5,10H,3,6-9,11H2,1-2H3,(H2,19,20,21);1H. The molecular formula is C16H24F2IN3O. The lowest BCUT2D eigenvalue weighted by atomic mass is 10.0. The third-order valence-corrected chi connectivity index (χ3v) is 3.85. The van der Waals surface area contributed by atoms with Gasteiger partial charge >= 0.3 is 0 Å². The van der Waals surface area contributed by atoms with E-state index in [0.29, 0.717) is 31.0 Å². The van der Waals surface area contributed by atoms with Gasteiger partial charge in [0.25, 0.3) is 0 Å². The van der Waals surface area contributed by atoms with Crippen molar-refractivity contribution in [1.82, 2.24) is 10.6 Å². The van der Waals surface area contributed by atoms with E-state index in [1.807, 2.05) is 0 Å². The van der Waals surface area contributed by atoms with Crippen LogP contribution in [-0.2, 0) is 11.2 Å². The van der Waals surface area contributed by atoms with Gasteiger partial charge in [0.1, 0.15) is 11.6 Å². The lowest BCUT2D eigenvalue weighted by Gasteiger charge is -2.24. The van der Waals surface area contributed by atoms with Gasteiger partial charge in [-0.1, -0.05) is 0 Å². The summed E-state index contributed by atoms with van der Waals surface area (Å²) < 4.78 is 32.3. The van der Waals surface area contributed by atoms with Crippen LogP contribution in [0, 0.1) is 11.6 Å². The van der Waals surface area contributed by atoms with E-state index in [2.05, 4.69) is 22.5 Å². The molecule has 1 unspecified atom stereocenters. The number of ether oxygens (including phenoxy) is 1. The van der Waals surface area contributed by atoms with Crippen LogP contribution in [0.4, 0.5) is 8.78 Å². The van der Waals surface area contributed by atoms with Crippen molar-refractivity contribution in [3.63, 3.8) is 0 Å². The number of benzene rings is 1. The Balaban J connectivity index is 0.00000264. The molecule has 7 heteroatoms. The van der Waals surface area contributed by atoms with E-state index in [1.165, 1.54) is 6.07 Å². The van der Waals surface area contributed by atoms with Crippen LogP contribution >= 0.6 is 24.0 Å². The first kappa shape index (κ1) is 20.1. The van der Waals surface area contributed by atoms with E-state index < -0.39 is 11.6 Å². The molecule has 1 aromatic carbocycles. The van der Waals surface area contributed by atoms with Crippen LogP contribution in [-0.4, -0.2) is 38.3 Å². The van der Waals surface area contributed by atoms with Crippen molar-refractivity contribution in [2.45, 2.75) is 31.8 Å². The SMILES string of the molecule is CN=C(NCCc1cc(F)ccc1F)NCC1(C)CCCO1.I. The summed E-state index contributed by atoms with van der Waals surface area (Å²) in [7, 11) is 1.68. The van der Waals surface area contributed by atoms with E-state index >= 15 is 0 Å². The molecule has 4 nitrogen and oxygen atoms in total. The van der Waals surface area contributed by atoms with E-state index in [-0.39, 0.29) is 29.6 Å². The van der Waals surface area contributed by atoms with Gasteiger partial charge in [-0.2, -0.15) is 0 Å². The molecule has 1 atom stereocenters. The zero-order valence-corrected chi connectivity index (χ0v) is 15.8. The summed E-state index contributed by atoms with van der Waals surface area (Å²) in [4.78, 5) is 4.12. The zero-order valence-electron chi connectivity index (χ0n) is 13.5. The molecule has 1 aliphatic heterocycles. The number of guanidine groups is 1. The van der Waals surface area contributed by atoms with Crippen LogP contribution in [0.25, 0.3) is 0 Å². The molecule has 0 bridgehead atoms. The van der Waals surface area contributed by atoms with Gasteiger partial charge in [0.2, 0.25) is 0 Å². The number of rotatable bonds is 5. The van der Waals surface area contributed by atoms with Gasteiger partial charge < -0.3 is 15.4 Å². The molecule has 0 amide bonds. The molecule has 0 saturated carbocycles. The van der Waals surface area contributed by atoms with Gasteiger partial charge in [0, 0.05) is 26.7 Å². The van der Waals surface area contributed by atoms with Crippen LogP contribution in [0.2, 0.25) is 0 Å². The molecule has 1 fully saturated rings. The summed E-state index contributed by atoms with van der Waals surface area (Å²) in [5.74, 6) is -0.184. The first-order chi connectivity index (χ1) is 10.5. The van der Waals surface area contributed by atoms with E-state index in [9.17, 15) is 8.78 Å². The van der Waals surface area contributed by atoms with Crippen molar-refractivity contribution in [1.29, 1.82) is 0 Å². The molecule has 130 valence electrons. The van der Waals surface area contributed by atoms with Crippen LogP contribution in [0.5, 0.6) is 0 Å². The molecule has 0 spiro atoms. The maximum Gasteiger partial charge on any atom is 0.191 e. The number of hydrogen-bond donors (Lipinski definition) is 2. The minimum atomic E-state index is -0.426. The number of nitrogens with zero attached hydrogens (tertiary/aromatic N) is 1. The van der Waals surface area contributed by atoms with Crippen molar-refractivity contribution in [3.05, 3.63) is 35.4 Å². The van der Waals surface area contributed by atoms with Gasteiger partial charge in [-0.05, 0) is 49.9 Å². The van der Waals surface area contributed by atoms with Gasteiger partial charge in [0.15, 0.2) is 5.96 Å². The molecule has 23 heavy (non-hydrogen) atoms. The second-order valence-electron chi connectivity index (χ2n) is 5.74. The normalized spacial score (nSPS) is 21.0. The van der Waals surface area contributed by atoms with Crippen LogP contribution < -0.4 is 10.6 Å². The Morgan fingerprint density at radius 3 is 2.78 bits per heavy atom. The molecule has 1 aliphatic rings. The summed E-state index contributed by atoms with van der Waals surface area (Å²) in [6.07, 6.45) is 2.48. The van der Waals surface area contributed by atoms with Gasteiger partial charge in [-0.15, -0.1) is 24.0 Å². The van der Waals surface area contributed by atoms with Crippen LogP contribution in [0.15, 0.2) is 23.2 Å². The molecule has 2 N–H and O–H groups in total. The molecule has 1 heterocycles. The van der Waals surface area contributed by atoms with E-state index in [4.69, 9.17) is 4.74 Å². The third kappa shape index (κ3) is 6.21. The second kappa shape index (κ2) is 9.36. The van der Waals surface area contributed by atoms with Crippen LogP contribution in [0.1, 0.15) is 25.3 Å². The summed E-state index contributed by atoms with van der Waals surface area (Å²) >= 11 is 0. The minimum Gasteiger partial charge on any atom is -0.373 e. The molecule has 0 aliphatic carbocycles. The lowest BCUT2D eigenvalue weighted by molar-refractivity contribution is 0.0243. The van der Waals surface area contributed by atoms with Crippen molar-refractivity contribution >= 4 is 29.9 Å². The number of hydrogen-bond acceptors (Lipinski definition) is 2. The molecule has 1 aromatic rings. The Kier molecular flexibility index (Phi) is 8.18. The highest BCUT2D eigenvalue weighted by Crippen LogP contribution is 2.23. The highest BCUT2D eigenvalue weighted by Gasteiger charge is 2.29. The van der Waals surface area contributed by atoms with Gasteiger partial charge in [0.05, 0.1) is 5.60 Å². The summed E-state index contributed by atoms with van der Waals surface area (Å²) in [5, 5.41) is 6.31. The monoisotopic (exact) mass is 439 g/mol. The topological polar surface area (TPSA) is 45.7 Å². The maximum atomic E-state index is 13.5. The first-order valence-electron chi connectivity index (χ1n) is 7.55. The highest BCUT2D eigenvalue weighted by atomic mass is 127. The number of halogens is 3. The fraction of sp³-hybridized carbons (Fsp3) is 0.562. The summed E-state index contributed by atoms with van der Waals surface area (Å²) in [5.41, 5.74) is 0.195. The summed E-state index contributed by atoms with van der Waals surface area (Å²) in [6.45, 7) is 4.00. The average molecular weight is 439 g/mol. The predicted octanol–water partition coefficient (Wildman–Crippen LogP) is 2.86. The Morgan fingerprint density at radius 1 is 1.35 bits per heavy atom. The van der Waals surface area contributed by atoms with Crippen molar-refractivity contribution in [3.8, 4) is 0 Å². The number of aliphatic imine (C=N–C) groups is 1. The van der Waals surface area contributed by atoms with E-state index in [1.54, 1.807) is 7.05 Å². The van der Waals surface area contributed by atoms with Crippen LogP contribution in [0.3, 0.4) is 0 Å². The first-order valence-corrected chi connectivity index (χ1v) is 7.55. The maximum absolute atomic E-state index is 13.5. The summed E-state index contributed by atoms with van der Waals surface area (Å²) in [6, 6.07) is 3.49. The number of nitrogens with one attached hydrogen (secondary N) is 2. The Morgan fingerprint density at radius 2 is 2.13 bits per heavy atom. The average Bonchev–Trinajstić information content (AvgIpc) is 2.93. The highest BCUT2D eigenvalue weighted by molar-refractivity contribution is 14.0. The van der Waals surface area contributed by atoms with Crippen molar-refractivity contribution in [2.24, 2.45) is 4.99 Å². The van der Waals surface area contributed by atoms with Gasteiger partial charge in [-0.3, -0.25) is 4.99 Å². The Hall–Kier alpha value is -0.960. The lowest BCUT2D eigenvalue weighted by Crippen LogP contribution is -2.46. The largest absolute Gasteiger partial charge is 0.373 e. The molecule has 2 rings (SSSR count). The Labute approximate surface area is 153 Å². The third-order valence-electron chi connectivity index (χ3n) is 3.85. The molecule has 0 radical (unpaired) electrons. The fourth-order valence-electron chi connectivity index (χ4n) is 2.52. The quantitative estimate of drug-likeness (QED) is 0.422. The molecule has 0 aromatic heterocycles. The van der Waals surface area contributed by atoms with Crippen molar-refractivity contribution < 1.29 is 13.5 Å². The van der Waals surface area contributed by atoms with Gasteiger partial charge in [-0.25, -0.2) is 8.78 Å². The Bertz CT molecular complexity index is 534.